The molecule has 1 heterocycles. The molecule has 4 amide bonds. The van der Waals surface area contributed by atoms with Gasteiger partial charge >= 0.3 is 0 Å². The van der Waals surface area contributed by atoms with Crippen LogP contribution in [0, 0.1) is 11.8 Å². The van der Waals surface area contributed by atoms with E-state index < -0.39 is 6.04 Å². The quantitative estimate of drug-likeness (QED) is 0.121. The highest BCUT2D eigenvalue weighted by atomic mass is 16.5. The predicted octanol–water partition coefficient (Wildman–Crippen LogP) is 3.56. The number of benzene rings is 1. The molecule has 0 aliphatic carbocycles. The molecule has 0 spiro atoms. The average Bonchev–Trinajstić information content (AvgIpc) is 3.35. The van der Waals surface area contributed by atoms with Crippen molar-refractivity contribution in [3.05, 3.63) is 35.9 Å². The fourth-order valence-corrected chi connectivity index (χ4v) is 5.10. The molecule has 1 aliphatic rings. The molecule has 0 radical (unpaired) electrons. The second-order valence-electron chi connectivity index (χ2n) is 12.4. The third kappa shape index (κ3) is 16.2. The number of carbonyl (C=O) groups is 6. The van der Waals surface area contributed by atoms with E-state index in [1.165, 1.54) is 4.90 Å². The van der Waals surface area contributed by atoms with E-state index in [9.17, 15) is 28.8 Å². The Morgan fingerprint density at radius 1 is 0.804 bits per heavy atom. The topological polar surface area (TPSA) is 148 Å². The second kappa shape index (κ2) is 22.1. The summed E-state index contributed by atoms with van der Waals surface area (Å²) < 4.78 is 11.1. The van der Waals surface area contributed by atoms with E-state index >= 15 is 0 Å². The van der Waals surface area contributed by atoms with Gasteiger partial charge in [-0.15, -0.1) is 0 Å². The lowest BCUT2D eigenvalue weighted by Crippen LogP contribution is -2.44. The molecule has 1 aromatic carbocycles. The summed E-state index contributed by atoms with van der Waals surface area (Å²) >= 11 is 0. The number of nitrogens with zero attached hydrogens (tertiary/aromatic N) is 1. The average molecular weight is 644 g/mol. The Morgan fingerprint density at radius 3 is 2.11 bits per heavy atom. The fraction of sp³-hybridized carbons (Fsp3) is 0.657. The first-order chi connectivity index (χ1) is 22.1. The molecule has 1 aromatic rings. The van der Waals surface area contributed by atoms with E-state index in [2.05, 4.69) is 10.6 Å². The van der Waals surface area contributed by atoms with Gasteiger partial charge in [-0.1, -0.05) is 51.1 Å². The largest absolute Gasteiger partial charge is 0.379 e. The van der Waals surface area contributed by atoms with Crippen LogP contribution in [0.2, 0.25) is 0 Å². The van der Waals surface area contributed by atoms with Gasteiger partial charge in [0.25, 0.3) is 0 Å². The third-order valence-electron chi connectivity index (χ3n) is 7.77. The molecule has 0 saturated carbocycles. The van der Waals surface area contributed by atoms with Crippen molar-refractivity contribution in [3.8, 4) is 0 Å². The summed E-state index contributed by atoms with van der Waals surface area (Å²) in [5.74, 6) is -0.904. The van der Waals surface area contributed by atoms with Crippen LogP contribution in [0.1, 0.15) is 90.5 Å². The minimum absolute atomic E-state index is 0.0400. The van der Waals surface area contributed by atoms with Crippen LogP contribution >= 0.6 is 0 Å². The van der Waals surface area contributed by atoms with Gasteiger partial charge in [-0.25, -0.2) is 0 Å². The van der Waals surface area contributed by atoms with Crippen LogP contribution in [0.5, 0.6) is 0 Å². The Labute approximate surface area is 273 Å². The number of Topliss-reactive ketones (excluding diaryl/α,β-unsaturated/α-hetero) is 2. The number of imide groups is 1. The van der Waals surface area contributed by atoms with Gasteiger partial charge in [-0.3, -0.25) is 33.7 Å². The number of nitrogens with one attached hydrogen (secondary N) is 2. The van der Waals surface area contributed by atoms with Crippen molar-refractivity contribution in [3.63, 3.8) is 0 Å². The van der Waals surface area contributed by atoms with E-state index in [0.29, 0.717) is 65.1 Å². The molecule has 2 rings (SSSR count). The number of rotatable bonds is 25. The van der Waals surface area contributed by atoms with Gasteiger partial charge < -0.3 is 20.1 Å². The van der Waals surface area contributed by atoms with E-state index in [1.807, 2.05) is 51.1 Å². The molecule has 256 valence electrons. The van der Waals surface area contributed by atoms with Crippen LogP contribution in [0.25, 0.3) is 0 Å². The highest BCUT2D eigenvalue weighted by Crippen LogP contribution is 2.14. The monoisotopic (exact) mass is 643 g/mol. The first-order valence-corrected chi connectivity index (χ1v) is 16.7. The number of ether oxygens (including phenoxy) is 2. The number of hydrogen-bond donors (Lipinski definition) is 2. The molecule has 2 unspecified atom stereocenters. The molecule has 0 bridgehead atoms. The van der Waals surface area contributed by atoms with Crippen molar-refractivity contribution >= 4 is 35.2 Å². The standard InChI is InChI=1S/C35H53N3O8/c1-26(2)24-30(37-35(44)27(3)25-28-10-5-4-6-11-28)31(40)13-14-32(41)36-18-9-21-46-23-22-45-20-8-7-12-29(39)17-19-38-33(42)15-16-34(38)43/h4-6,10-11,26-27,30H,7-9,12-25H2,1-3H3,(H,36,41)(H,37,44). The van der Waals surface area contributed by atoms with E-state index in [1.54, 1.807) is 0 Å². The summed E-state index contributed by atoms with van der Waals surface area (Å²) in [7, 11) is 0. The van der Waals surface area contributed by atoms with Crippen molar-refractivity contribution in [1.29, 1.82) is 0 Å². The highest BCUT2D eigenvalue weighted by Gasteiger charge is 2.28. The zero-order chi connectivity index (χ0) is 33.7. The van der Waals surface area contributed by atoms with Gasteiger partial charge in [0.15, 0.2) is 5.78 Å². The zero-order valence-electron chi connectivity index (χ0n) is 27.9. The molecular formula is C35H53N3O8. The van der Waals surface area contributed by atoms with Gasteiger partial charge in [0.2, 0.25) is 23.6 Å². The minimum atomic E-state index is -0.609. The van der Waals surface area contributed by atoms with Crippen LogP contribution < -0.4 is 10.6 Å². The molecule has 11 heteroatoms. The molecular weight excluding hydrogens is 590 g/mol. The Morgan fingerprint density at radius 2 is 1.46 bits per heavy atom. The van der Waals surface area contributed by atoms with Crippen molar-refractivity contribution < 1.29 is 38.2 Å². The van der Waals surface area contributed by atoms with E-state index in [-0.39, 0.29) is 85.7 Å². The number of ketones is 2. The first-order valence-electron chi connectivity index (χ1n) is 16.7. The molecule has 2 atom stereocenters. The van der Waals surface area contributed by atoms with Crippen molar-refractivity contribution in [1.82, 2.24) is 15.5 Å². The Hall–Kier alpha value is -3.44. The predicted molar refractivity (Wildman–Crippen MR) is 174 cm³/mol. The van der Waals surface area contributed by atoms with Crippen LogP contribution in [0.4, 0.5) is 0 Å². The van der Waals surface area contributed by atoms with Crippen molar-refractivity contribution in [2.45, 2.75) is 97.4 Å². The fourth-order valence-electron chi connectivity index (χ4n) is 5.10. The second-order valence-corrected chi connectivity index (χ2v) is 12.4. The molecule has 0 aromatic heterocycles. The maximum Gasteiger partial charge on any atom is 0.229 e. The first kappa shape index (κ1) is 38.7. The van der Waals surface area contributed by atoms with Crippen LogP contribution in [-0.4, -0.2) is 85.7 Å². The lowest BCUT2D eigenvalue weighted by atomic mass is 9.95. The molecule has 1 saturated heterocycles. The number of carbonyl (C=O) groups excluding carboxylic acids is 6. The minimum Gasteiger partial charge on any atom is -0.379 e. The van der Waals surface area contributed by atoms with Gasteiger partial charge in [0.05, 0.1) is 19.3 Å². The molecule has 2 N–H and O–H groups in total. The SMILES string of the molecule is CC(C)CC(NC(=O)C(C)Cc1ccccc1)C(=O)CCC(=O)NCCCOCCOCCCCC(=O)CCN1C(=O)CCC1=O. The normalized spacial score (nSPS) is 14.4. The number of unbranched alkanes of at least 4 members (excludes halogenated alkanes) is 1. The molecule has 1 fully saturated rings. The lowest BCUT2D eigenvalue weighted by molar-refractivity contribution is -0.138. The zero-order valence-corrected chi connectivity index (χ0v) is 27.9. The summed E-state index contributed by atoms with van der Waals surface area (Å²) in [5.41, 5.74) is 1.07. The van der Waals surface area contributed by atoms with Gasteiger partial charge in [0, 0.05) is 70.7 Å². The lowest BCUT2D eigenvalue weighted by Gasteiger charge is -2.22. The Bertz CT molecular complexity index is 1110. The summed E-state index contributed by atoms with van der Waals surface area (Å²) in [5, 5.41) is 5.74. The smallest absolute Gasteiger partial charge is 0.229 e. The summed E-state index contributed by atoms with van der Waals surface area (Å²) in [6.45, 7) is 8.31. The summed E-state index contributed by atoms with van der Waals surface area (Å²) in [6.07, 6.45) is 4.40. The van der Waals surface area contributed by atoms with Crippen molar-refractivity contribution in [2.75, 3.05) is 39.5 Å². The number of hydrogen-bond acceptors (Lipinski definition) is 8. The Balaban J connectivity index is 1.47. The third-order valence-corrected chi connectivity index (χ3v) is 7.77. The molecule has 1 aliphatic heterocycles. The van der Waals surface area contributed by atoms with E-state index in [0.717, 1.165) is 12.0 Å². The summed E-state index contributed by atoms with van der Waals surface area (Å²) in [4.78, 5) is 74.3. The van der Waals surface area contributed by atoms with Crippen LogP contribution in [-0.2, 0) is 44.7 Å². The number of amides is 4. The maximum atomic E-state index is 12.9. The van der Waals surface area contributed by atoms with E-state index in [4.69, 9.17) is 9.47 Å². The van der Waals surface area contributed by atoms with Gasteiger partial charge in [0.1, 0.15) is 5.78 Å². The van der Waals surface area contributed by atoms with Gasteiger partial charge in [-0.2, -0.15) is 0 Å². The maximum absolute atomic E-state index is 12.9. The number of likely N-dealkylation sites (tertiary alicyclic amines) is 1. The summed E-state index contributed by atoms with van der Waals surface area (Å²) in [6, 6.07) is 9.16. The molecule has 11 nitrogen and oxygen atoms in total. The highest BCUT2D eigenvalue weighted by molar-refractivity contribution is 6.02. The van der Waals surface area contributed by atoms with Crippen LogP contribution in [0.15, 0.2) is 30.3 Å². The van der Waals surface area contributed by atoms with Crippen molar-refractivity contribution in [2.24, 2.45) is 11.8 Å². The van der Waals surface area contributed by atoms with Crippen LogP contribution in [0.3, 0.4) is 0 Å². The van der Waals surface area contributed by atoms with Gasteiger partial charge in [-0.05, 0) is 43.6 Å². The Kier molecular flexibility index (Phi) is 18.7. The molecule has 46 heavy (non-hydrogen) atoms.